The van der Waals surface area contributed by atoms with E-state index >= 15 is 0 Å². The quantitative estimate of drug-likeness (QED) is 0.827. The fourth-order valence-corrected chi connectivity index (χ4v) is 5.59. The molecule has 1 spiro atoms. The molecule has 3 nitrogen and oxygen atoms in total. The van der Waals surface area contributed by atoms with E-state index in [-0.39, 0.29) is 5.92 Å². The molecule has 3 heteroatoms. The first-order valence-electron chi connectivity index (χ1n) is 10.3. The van der Waals surface area contributed by atoms with Crippen molar-refractivity contribution in [3.8, 4) is 0 Å². The summed E-state index contributed by atoms with van der Waals surface area (Å²) in [4.78, 5) is 12.8. The molecule has 1 saturated carbocycles. The summed E-state index contributed by atoms with van der Waals surface area (Å²) in [7, 11) is 0. The SMILES string of the molecule is O=C(NCC1CCCC12CCNCC2)C1CCc2ccccc2CC1. The first kappa shape index (κ1) is 17.1. The van der Waals surface area contributed by atoms with Gasteiger partial charge in [-0.3, -0.25) is 4.79 Å². The largest absolute Gasteiger partial charge is 0.356 e. The van der Waals surface area contributed by atoms with Gasteiger partial charge in [0.2, 0.25) is 5.91 Å². The van der Waals surface area contributed by atoms with Crippen molar-refractivity contribution in [1.82, 2.24) is 10.6 Å². The highest BCUT2D eigenvalue weighted by Crippen LogP contribution is 2.49. The number of aryl methyl sites for hydroxylation is 2. The smallest absolute Gasteiger partial charge is 0.223 e. The minimum absolute atomic E-state index is 0.192. The second-order valence-electron chi connectivity index (χ2n) is 8.49. The van der Waals surface area contributed by atoms with E-state index in [4.69, 9.17) is 0 Å². The Morgan fingerprint density at radius 1 is 1.04 bits per heavy atom. The van der Waals surface area contributed by atoms with Gasteiger partial charge in [-0.25, -0.2) is 0 Å². The Hall–Kier alpha value is -1.35. The van der Waals surface area contributed by atoms with Crippen LogP contribution in [0.25, 0.3) is 0 Å². The molecule has 0 radical (unpaired) electrons. The third-order valence-corrected chi connectivity index (χ3v) is 7.23. The van der Waals surface area contributed by atoms with Crippen LogP contribution < -0.4 is 10.6 Å². The van der Waals surface area contributed by atoms with E-state index in [1.54, 1.807) is 0 Å². The second-order valence-corrected chi connectivity index (χ2v) is 8.49. The Morgan fingerprint density at radius 3 is 2.40 bits per heavy atom. The van der Waals surface area contributed by atoms with Crippen LogP contribution in [0.2, 0.25) is 0 Å². The van der Waals surface area contributed by atoms with Crippen molar-refractivity contribution in [2.75, 3.05) is 19.6 Å². The topological polar surface area (TPSA) is 41.1 Å². The van der Waals surface area contributed by atoms with Gasteiger partial charge in [0, 0.05) is 12.5 Å². The zero-order valence-corrected chi connectivity index (χ0v) is 15.4. The van der Waals surface area contributed by atoms with E-state index in [0.29, 0.717) is 17.2 Å². The van der Waals surface area contributed by atoms with E-state index in [2.05, 4.69) is 34.9 Å². The first-order chi connectivity index (χ1) is 12.3. The van der Waals surface area contributed by atoms with Crippen LogP contribution in [0.5, 0.6) is 0 Å². The predicted molar refractivity (Wildman–Crippen MR) is 101 cm³/mol. The van der Waals surface area contributed by atoms with Crippen LogP contribution in [0, 0.1) is 17.3 Å². The van der Waals surface area contributed by atoms with Crippen molar-refractivity contribution < 1.29 is 4.79 Å². The van der Waals surface area contributed by atoms with Crippen LogP contribution in [0.4, 0.5) is 0 Å². The van der Waals surface area contributed by atoms with Gasteiger partial charge in [0.1, 0.15) is 0 Å². The molecule has 1 aromatic carbocycles. The number of carbonyl (C=O) groups is 1. The Labute approximate surface area is 152 Å². The Kier molecular flexibility index (Phi) is 5.12. The lowest BCUT2D eigenvalue weighted by Crippen LogP contribution is -2.44. The van der Waals surface area contributed by atoms with E-state index in [1.807, 2.05) is 0 Å². The molecule has 4 rings (SSSR count). The van der Waals surface area contributed by atoms with Crippen LogP contribution >= 0.6 is 0 Å². The molecule has 1 atom stereocenters. The van der Waals surface area contributed by atoms with Gasteiger partial charge in [-0.15, -0.1) is 0 Å². The summed E-state index contributed by atoms with van der Waals surface area (Å²) in [6, 6.07) is 8.71. The first-order valence-corrected chi connectivity index (χ1v) is 10.3. The number of fused-ring (bicyclic) bond motifs is 1. The van der Waals surface area contributed by atoms with Gasteiger partial charge in [-0.2, -0.15) is 0 Å². The lowest BCUT2D eigenvalue weighted by atomic mass is 9.71. The molecule has 136 valence electrons. The summed E-state index contributed by atoms with van der Waals surface area (Å²) in [6.45, 7) is 3.22. The Balaban J connectivity index is 1.32. The molecule has 1 saturated heterocycles. The maximum absolute atomic E-state index is 12.8. The van der Waals surface area contributed by atoms with Gasteiger partial charge in [0.25, 0.3) is 0 Å². The zero-order valence-electron chi connectivity index (χ0n) is 15.4. The maximum atomic E-state index is 12.8. The molecule has 25 heavy (non-hydrogen) atoms. The van der Waals surface area contributed by atoms with Crippen LogP contribution in [0.15, 0.2) is 24.3 Å². The molecular weight excluding hydrogens is 308 g/mol. The standard InChI is InChI=1S/C22H32N2O/c25-21(19-9-7-17-4-1-2-5-18(17)8-10-19)24-16-20-6-3-11-22(20)12-14-23-15-13-22/h1-2,4-5,19-20,23H,3,6-16H2,(H,24,25). The molecule has 0 bridgehead atoms. The average molecular weight is 341 g/mol. The predicted octanol–water partition coefficient (Wildman–Crippen LogP) is 3.47. The molecule has 0 aromatic heterocycles. The summed E-state index contributed by atoms with van der Waals surface area (Å²) in [5, 5.41) is 6.86. The highest BCUT2D eigenvalue weighted by molar-refractivity contribution is 5.78. The third kappa shape index (κ3) is 3.62. The monoisotopic (exact) mass is 340 g/mol. The summed E-state index contributed by atoms with van der Waals surface area (Å²) < 4.78 is 0. The number of rotatable bonds is 3. The van der Waals surface area contributed by atoms with Crippen molar-refractivity contribution in [1.29, 1.82) is 0 Å². The minimum Gasteiger partial charge on any atom is -0.356 e. The van der Waals surface area contributed by atoms with Gasteiger partial charge < -0.3 is 10.6 Å². The Bertz CT molecular complexity index is 579. The van der Waals surface area contributed by atoms with Crippen molar-refractivity contribution >= 4 is 5.91 Å². The molecule has 1 heterocycles. The number of nitrogens with one attached hydrogen (secondary N) is 2. The normalized spacial score (nSPS) is 26.2. The minimum atomic E-state index is 0.192. The van der Waals surface area contributed by atoms with E-state index in [0.717, 1.165) is 45.3 Å². The molecule has 2 aliphatic carbocycles. The molecule has 3 aliphatic rings. The molecule has 1 aliphatic heterocycles. The number of benzene rings is 1. The lowest BCUT2D eigenvalue weighted by Gasteiger charge is -2.39. The van der Waals surface area contributed by atoms with Crippen LogP contribution in [0.1, 0.15) is 56.1 Å². The highest BCUT2D eigenvalue weighted by Gasteiger charge is 2.43. The van der Waals surface area contributed by atoms with Gasteiger partial charge in [-0.05, 0) is 86.9 Å². The molecule has 2 fully saturated rings. The molecule has 1 unspecified atom stereocenters. The van der Waals surface area contributed by atoms with Crippen molar-refractivity contribution in [3.63, 3.8) is 0 Å². The second kappa shape index (κ2) is 7.49. The fraction of sp³-hybridized carbons (Fsp3) is 0.682. The van der Waals surface area contributed by atoms with Gasteiger partial charge >= 0.3 is 0 Å². The summed E-state index contributed by atoms with van der Waals surface area (Å²) in [5.41, 5.74) is 3.41. The summed E-state index contributed by atoms with van der Waals surface area (Å²) >= 11 is 0. The van der Waals surface area contributed by atoms with Crippen molar-refractivity contribution in [2.45, 2.75) is 57.8 Å². The average Bonchev–Trinajstić information content (AvgIpc) is 2.89. The molecular formula is C22H32N2O. The molecule has 1 amide bonds. The van der Waals surface area contributed by atoms with E-state index in [1.165, 1.54) is 43.2 Å². The fourth-order valence-electron chi connectivity index (χ4n) is 5.59. The zero-order chi connectivity index (χ0) is 17.1. The van der Waals surface area contributed by atoms with Gasteiger partial charge in [-0.1, -0.05) is 30.7 Å². The summed E-state index contributed by atoms with van der Waals surface area (Å²) in [5.74, 6) is 1.20. The maximum Gasteiger partial charge on any atom is 0.223 e. The molecule has 2 N–H and O–H groups in total. The number of carbonyl (C=O) groups excluding carboxylic acids is 1. The van der Waals surface area contributed by atoms with Crippen LogP contribution in [0.3, 0.4) is 0 Å². The summed E-state index contributed by atoms with van der Waals surface area (Å²) in [6.07, 6.45) is 10.7. The highest BCUT2D eigenvalue weighted by atomic mass is 16.1. The Morgan fingerprint density at radius 2 is 1.72 bits per heavy atom. The van der Waals surface area contributed by atoms with Gasteiger partial charge in [0.15, 0.2) is 0 Å². The van der Waals surface area contributed by atoms with E-state index in [9.17, 15) is 4.79 Å². The van der Waals surface area contributed by atoms with Crippen molar-refractivity contribution in [3.05, 3.63) is 35.4 Å². The number of hydrogen-bond donors (Lipinski definition) is 2. The number of piperidine rings is 1. The van der Waals surface area contributed by atoms with Gasteiger partial charge in [0.05, 0.1) is 0 Å². The van der Waals surface area contributed by atoms with E-state index < -0.39 is 0 Å². The number of hydrogen-bond acceptors (Lipinski definition) is 2. The van der Waals surface area contributed by atoms with Crippen molar-refractivity contribution in [2.24, 2.45) is 17.3 Å². The molecule has 1 aromatic rings. The van der Waals surface area contributed by atoms with Crippen LogP contribution in [-0.2, 0) is 17.6 Å². The van der Waals surface area contributed by atoms with Crippen LogP contribution in [-0.4, -0.2) is 25.5 Å². The lowest BCUT2D eigenvalue weighted by molar-refractivity contribution is -0.125. The number of amides is 1. The third-order valence-electron chi connectivity index (χ3n) is 7.23.